The van der Waals surface area contributed by atoms with Gasteiger partial charge in [-0.15, -0.1) is 0 Å². The molecule has 0 fully saturated rings. The Bertz CT molecular complexity index is 731. The van der Waals surface area contributed by atoms with E-state index in [9.17, 15) is 15.0 Å². The molecule has 0 heterocycles. The van der Waals surface area contributed by atoms with Gasteiger partial charge < -0.3 is 15.5 Å². The van der Waals surface area contributed by atoms with Gasteiger partial charge in [-0.25, -0.2) is 0 Å². The van der Waals surface area contributed by atoms with E-state index in [1.807, 2.05) is 6.08 Å². The third-order valence-electron chi connectivity index (χ3n) is 9.62. The van der Waals surface area contributed by atoms with Crippen molar-refractivity contribution in [1.29, 1.82) is 0 Å². The van der Waals surface area contributed by atoms with Gasteiger partial charge in [0.1, 0.15) is 0 Å². The molecule has 0 aliphatic carbocycles. The topological polar surface area (TPSA) is 69.6 Å². The first-order chi connectivity index (χ1) is 23.7. The van der Waals surface area contributed by atoms with Gasteiger partial charge in [-0.1, -0.05) is 198 Å². The highest BCUT2D eigenvalue weighted by atomic mass is 16.3. The zero-order chi connectivity index (χ0) is 35.0. The second-order valence-corrected chi connectivity index (χ2v) is 14.4. The molecule has 48 heavy (non-hydrogen) atoms. The van der Waals surface area contributed by atoms with Crippen molar-refractivity contribution in [3.63, 3.8) is 0 Å². The summed E-state index contributed by atoms with van der Waals surface area (Å²) in [6, 6.07) is -0.622. The Balaban J connectivity index is 3.54. The number of carbonyl (C=O) groups excluding carboxylic acids is 1. The Morgan fingerprint density at radius 1 is 0.500 bits per heavy atom. The Morgan fingerprint density at radius 3 is 1.25 bits per heavy atom. The van der Waals surface area contributed by atoms with Crippen molar-refractivity contribution in [1.82, 2.24) is 5.32 Å². The smallest absolute Gasteiger partial charge is 0.220 e. The van der Waals surface area contributed by atoms with Crippen LogP contribution in [0.5, 0.6) is 0 Å². The molecular weight excluding hydrogens is 590 g/mol. The lowest BCUT2D eigenvalue weighted by Crippen LogP contribution is -2.45. The van der Waals surface area contributed by atoms with Crippen LogP contribution in [0, 0.1) is 0 Å². The molecule has 2 unspecified atom stereocenters. The zero-order valence-electron chi connectivity index (χ0n) is 32.3. The number of allylic oxidation sites excluding steroid dienone is 5. The molecular formula is C44H83NO3. The standard InChI is InChI=1S/C44H83NO3/c1-3-5-7-9-11-13-15-16-17-18-19-20-21-22-23-24-25-26-27-28-30-32-34-36-38-40-44(48)45-42(41-46)43(47)39-37-35-33-31-29-14-12-10-8-6-4-2/h19-20,22-23,37,39,42-43,46-47H,3-18,21,24-36,38,40-41H2,1-2H3,(H,45,48)/b20-19-,23-22-,39-37+. The van der Waals surface area contributed by atoms with E-state index < -0.39 is 12.1 Å². The predicted molar refractivity (Wildman–Crippen MR) is 212 cm³/mol. The molecule has 0 bridgehead atoms. The fourth-order valence-corrected chi connectivity index (χ4v) is 6.33. The highest BCUT2D eigenvalue weighted by Crippen LogP contribution is 2.14. The molecule has 0 aliphatic heterocycles. The van der Waals surface area contributed by atoms with Gasteiger partial charge in [0.05, 0.1) is 18.8 Å². The minimum absolute atomic E-state index is 0.0698. The van der Waals surface area contributed by atoms with Crippen LogP contribution in [0.4, 0.5) is 0 Å². The fourth-order valence-electron chi connectivity index (χ4n) is 6.33. The molecule has 3 N–H and O–H groups in total. The summed E-state index contributed by atoms with van der Waals surface area (Å²) in [4.78, 5) is 12.3. The number of hydrogen-bond acceptors (Lipinski definition) is 3. The quantitative estimate of drug-likeness (QED) is 0.0451. The summed E-state index contributed by atoms with van der Waals surface area (Å²) in [7, 11) is 0. The molecule has 0 aromatic rings. The second kappa shape index (κ2) is 40.0. The molecule has 0 aromatic heterocycles. The van der Waals surface area contributed by atoms with E-state index in [0.717, 1.165) is 32.1 Å². The van der Waals surface area contributed by atoms with Gasteiger partial charge in [-0.3, -0.25) is 4.79 Å². The summed E-state index contributed by atoms with van der Waals surface area (Å²) < 4.78 is 0. The van der Waals surface area contributed by atoms with Crippen molar-refractivity contribution in [3.8, 4) is 0 Å². The van der Waals surface area contributed by atoms with Crippen LogP contribution in [0.3, 0.4) is 0 Å². The number of rotatable bonds is 38. The van der Waals surface area contributed by atoms with Gasteiger partial charge in [-0.2, -0.15) is 0 Å². The summed E-state index contributed by atoms with van der Waals surface area (Å²) >= 11 is 0. The predicted octanol–water partition coefficient (Wildman–Crippen LogP) is 13.0. The number of hydrogen-bond donors (Lipinski definition) is 3. The summed E-state index contributed by atoms with van der Waals surface area (Å²) in [5.74, 6) is -0.0698. The third kappa shape index (κ3) is 35.9. The lowest BCUT2D eigenvalue weighted by atomic mass is 10.0. The van der Waals surface area contributed by atoms with E-state index in [1.165, 1.54) is 167 Å². The molecule has 0 rings (SSSR count). The van der Waals surface area contributed by atoms with Gasteiger partial charge in [0, 0.05) is 6.42 Å². The first-order valence-corrected chi connectivity index (χ1v) is 21.2. The molecule has 0 aromatic carbocycles. The van der Waals surface area contributed by atoms with Crippen LogP contribution in [0.1, 0.15) is 219 Å². The van der Waals surface area contributed by atoms with Crippen molar-refractivity contribution in [3.05, 3.63) is 36.5 Å². The molecule has 0 saturated carbocycles. The SMILES string of the molecule is CCCCCCCCCCC/C=C\C/C=C\CCCCCCCCCCCC(=O)NC(CO)C(O)/C=C/CCCCCCCCCCC. The average molecular weight is 674 g/mol. The van der Waals surface area contributed by atoms with Crippen LogP contribution >= 0.6 is 0 Å². The molecule has 0 saturated heterocycles. The molecule has 0 spiro atoms. The van der Waals surface area contributed by atoms with Crippen LogP contribution in [0.15, 0.2) is 36.5 Å². The van der Waals surface area contributed by atoms with Crippen molar-refractivity contribution < 1.29 is 15.0 Å². The zero-order valence-corrected chi connectivity index (χ0v) is 32.3. The molecule has 0 aliphatic rings. The number of carbonyl (C=O) groups is 1. The van der Waals surface area contributed by atoms with Crippen molar-refractivity contribution in [2.45, 2.75) is 231 Å². The van der Waals surface area contributed by atoms with E-state index in [2.05, 4.69) is 43.5 Å². The molecule has 4 heteroatoms. The molecule has 2 atom stereocenters. The number of aliphatic hydroxyl groups is 2. The van der Waals surface area contributed by atoms with E-state index >= 15 is 0 Å². The minimum atomic E-state index is -0.838. The highest BCUT2D eigenvalue weighted by molar-refractivity contribution is 5.76. The fraction of sp³-hybridized carbons (Fsp3) is 0.841. The third-order valence-corrected chi connectivity index (χ3v) is 9.62. The molecule has 282 valence electrons. The summed E-state index contributed by atoms with van der Waals surface area (Å²) in [5, 5.41) is 22.9. The maximum Gasteiger partial charge on any atom is 0.220 e. The summed E-state index contributed by atoms with van der Waals surface area (Å²) in [6.45, 7) is 4.29. The van der Waals surface area contributed by atoms with Crippen LogP contribution in [-0.2, 0) is 4.79 Å². The van der Waals surface area contributed by atoms with Gasteiger partial charge in [-0.05, 0) is 51.4 Å². The van der Waals surface area contributed by atoms with Gasteiger partial charge >= 0.3 is 0 Å². The van der Waals surface area contributed by atoms with Gasteiger partial charge in [0.15, 0.2) is 0 Å². The van der Waals surface area contributed by atoms with Crippen LogP contribution < -0.4 is 5.32 Å². The first kappa shape index (κ1) is 46.6. The lowest BCUT2D eigenvalue weighted by molar-refractivity contribution is -0.123. The summed E-state index contributed by atoms with van der Waals surface area (Å²) in [6.07, 6.45) is 52.5. The Kier molecular flexibility index (Phi) is 38.9. The Labute approximate surface area is 300 Å². The van der Waals surface area contributed by atoms with Crippen LogP contribution in [-0.4, -0.2) is 34.9 Å². The Morgan fingerprint density at radius 2 is 0.854 bits per heavy atom. The Hall–Kier alpha value is -1.39. The van der Waals surface area contributed by atoms with Crippen LogP contribution in [0.2, 0.25) is 0 Å². The number of amides is 1. The van der Waals surface area contributed by atoms with Crippen molar-refractivity contribution in [2.75, 3.05) is 6.61 Å². The van der Waals surface area contributed by atoms with Crippen molar-refractivity contribution >= 4 is 5.91 Å². The minimum Gasteiger partial charge on any atom is -0.394 e. The second-order valence-electron chi connectivity index (χ2n) is 14.4. The average Bonchev–Trinajstić information content (AvgIpc) is 3.09. The van der Waals surface area contributed by atoms with E-state index in [4.69, 9.17) is 0 Å². The van der Waals surface area contributed by atoms with E-state index in [0.29, 0.717) is 6.42 Å². The maximum atomic E-state index is 12.3. The van der Waals surface area contributed by atoms with Crippen molar-refractivity contribution in [2.24, 2.45) is 0 Å². The lowest BCUT2D eigenvalue weighted by Gasteiger charge is -2.20. The highest BCUT2D eigenvalue weighted by Gasteiger charge is 2.17. The normalized spacial score (nSPS) is 13.3. The van der Waals surface area contributed by atoms with Crippen LogP contribution in [0.25, 0.3) is 0 Å². The number of aliphatic hydroxyl groups excluding tert-OH is 2. The van der Waals surface area contributed by atoms with E-state index in [-0.39, 0.29) is 12.5 Å². The van der Waals surface area contributed by atoms with Gasteiger partial charge in [0.25, 0.3) is 0 Å². The largest absolute Gasteiger partial charge is 0.394 e. The maximum absolute atomic E-state index is 12.3. The summed E-state index contributed by atoms with van der Waals surface area (Å²) in [5.41, 5.74) is 0. The number of nitrogens with one attached hydrogen (secondary N) is 1. The van der Waals surface area contributed by atoms with E-state index in [1.54, 1.807) is 6.08 Å². The molecule has 1 amide bonds. The molecule has 4 nitrogen and oxygen atoms in total. The molecule has 0 radical (unpaired) electrons. The van der Waals surface area contributed by atoms with Gasteiger partial charge in [0.2, 0.25) is 5.91 Å². The number of unbranched alkanes of at least 4 members (excludes halogenated alkanes) is 27. The monoisotopic (exact) mass is 674 g/mol. The first-order valence-electron chi connectivity index (χ1n) is 21.2.